The van der Waals surface area contributed by atoms with Gasteiger partial charge in [0.1, 0.15) is 12.4 Å². The average Bonchev–Trinajstić information content (AvgIpc) is 2.52. The maximum absolute atomic E-state index is 12.7. The molecule has 112 valence electrons. The van der Waals surface area contributed by atoms with Gasteiger partial charge in [-0.1, -0.05) is 24.3 Å². The molecule has 0 unspecified atom stereocenters. The highest BCUT2D eigenvalue weighted by molar-refractivity contribution is 5.87. The minimum absolute atomic E-state index is 0.0262. The molecule has 0 saturated carbocycles. The molecular formula is C16H12FNO4. The quantitative estimate of drug-likeness (QED) is 0.367. The molecule has 0 aliphatic carbocycles. The van der Waals surface area contributed by atoms with E-state index >= 15 is 0 Å². The number of nitro benzene ring substituents is 1. The number of nitro groups is 1. The zero-order valence-corrected chi connectivity index (χ0v) is 11.4. The molecule has 2 aromatic carbocycles. The Balaban J connectivity index is 1.92. The smallest absolute Gasteiger partial charge is 0.331 e. The zero-order valence-electron chi connectivity index (χ0n) is 11.4. The molecule has 0 fully saturated rings. The molecular weight excluding hydrogens is 289 g/mol. The van der Waals surface area contributed by atoms with Crippen LogP contribution in [0.2, 0.25) is 0 Å². The molecule has 0 heterocycles. The summed E-state index contributed by atoms with van der Waals surface area (Å²) in [5.41, 5.74) is 1.13. The van der Waals surface area contributed by atoms with E-state index in [0.717, 1.165) is 0 Å². The standard InChI is InChI=1S/C16H12FNO4/c17-14-7-4-13(5-8-14)11-22-16(19)9-6-12-2-1-3-15(10-12)18(20)21/h1-10H,11H2/b9-6+. The number of esters is 1. The van der Waals surface area contributed by atoms with Gasteiger partial charge in [-0.15, -0.1) is 0 Å². The van der Waals surface area contributed by atoms with Crippen molar-refractivity contribution in [1.29, 1.82) is 0 Å². The zero-order chi connectivity index (χ0) is 15.9. The largest absolute Gasteiger partial charge is 0.458 e. The lowest BCUT2D eigenvalue weighted by Gasteiger charge is -2.02. The van der Waals surface area contributed by atoms with E-state index < -0.39 is 10.9 Å². The van der Waals surface area contributed by atoms with Crippen molar-refractivity contribution in [2.45, 2.75) is 6.61 Å². The van der Waals surface area contributed by atoms with Crippen LogP contribution in [0.4, 0.5) is 10.1 Å². The van der Waals surface area contributed by atoms with Gasteiger partial charge in [-0.05, 0) is 29.3 Å². The third-order valence-electron chi connectivity index (χ3n) is 2.79. The molecule has 0 aliphatic heterocycles. The van der Waals surface area contributed by atoms with Gasteiger partial charge < -0.3 is 4.74 Å². The van der Waals surface area contributed by atoms with Gasteiger partial charge in [0.2, 0.25) is 0 Å². The third kappa shape index (κ3) is 4.52. The fourth-order valence-corrected chi connectivity index (χ4v) is 1.69. The molecule has 0 N–H and O–H groups in total. The lowest BCUT2D eigenvalue weighted by atomic mass is 10.2. The second-order valence-corrected chi connectivity index (χ2v) is 4.42. The lowest BCUT2D eigenvalue weighted by Crippen LogP contribution is -2.00. The number of carbonyl (C=O) groups is 1. The van der Waals surface area contributed by atoms with Crippen LogP contribution in [-0.4, -0.2) is 10.9 Å². The molecule has 22 heavy (non-hydrogen) atoms. The van der Waals surface area contributed by atoms with Crippen molar-refractivity contribution in [3.8, 4) is 0 Å². The summed E-state index contributed by atoms with van der Waals surface area (Å²) in [6.45, 7) is 0.0262. The number of rotatable bonds is 5. The number of benzene rings is 2. The molecule has 0 atom stereocenters. The first kappa shape index (κ1) is 15.4. The molecule has 2 rings (SSSR count). The highest BCUT2D eigenvalue weighted by atomic mass is 19.1. The van der Waals surface area contributed by atoms with Crippen LogP contribution >= 0.6 is 0 Å². The van der Waals surface area contributed by atoms with Crippen LogP contribution in [0.5, 0.6) is 0 Å². The Morgan fingerprint density at radius 3 is 2.64 bits per heavy atom. The number of hydrogen-bond acceptors (Lipinski definition) is 4. The van der Waals surface area contributed by atoms with Gasteiger partial charge in [0.25, 0.3) is 5.69 Å². The third-order valence-corrected chi connectivity index (χ3v) is 2.79. The molecule has 0 spiro atoms. The average molecular weight is 301 g/mol. The van der Waals surface area contributed by atoms with E-state index in [0.29, 0.717) is 11.1 Å². The number of carbonyl (C=O) groups excluding carboxylic acids is 1. The Morgan fingerprint density at radius 2 is 1.95 bits per heavy atom. The van der Waals surface area contributed by atoms with Gasteiger partial charge in [-0.2, -0.15) is 0 Å². The topological polar surface area (TPSA) is 69.4 Å². The first-order valence-electron chi connectivity index (χ1n) is 6.38. The molecule has 2 aromatic rings. The van der Waals surface area contributed by atoms with Crippen LogP contribution in [-0.2, 0) is 16.1 Å². The molecule has 0 saturated heterocycles. The number of halogens is 1. The van der Waals surface area contributed by atoms with Crippen molar-refractivity contribution < 1.29 is 18.8 Å². The van der Waals surface area contributed by atoms with Crippen LogP contribution in [0, 0.1) is 15.9 Å². The molecule has 5 nitrogen and oxygen atoms in total. The van der Waals surface area contributed by atoms with Gasteiger partial charge in [-0.3, -0.25) is 10.1 Å². The van der Waals surface area contributed by atoms with Gasteiger partial charge in [0.05, 0.1) is 4.92 Å². The number of nitrogens with zero attached hydrogens (tertiary/aromatic N) is 1. The van der Waals surface area contributed by atoms with Crippen LogP contribution in [0.15, 0.2) is 54.6 Å². The van der Waals surface area contributed by atoms with E-state index in [9.17, 15) is 19.3 Å². The van der Waals surface area contributed by atoms with Crippen molar-refractivity contribution in [2.75, 3.05) is 0 Å². The summed E-state index contributed by atoms with van der Waals surface area (Å²) < 4.78 is 17.7. The van der Waals surface area contributed by atoms with E-state index in [1.807, 2.05) is 0 Å². The van der Waals surface area contributed by atoms with E-state index in [1.165, 1.54) is 54.6 Å². The Bertz CT molecular complexity index is 710. The van der Waals surface area contributed by atoms with Gasteiger partial charge in [0, 0.05) is 18.2 Å². The number of ether oxygens (including phenoxy) is 1. The maximum Gasteiger partial charge on any atom is 0.331 e. The van der Waals surface area contributed by atoms with Crippen molar-refractivity contribution in [3.63, 3.8) is 0 Å². The van der Waals surface area contributed by atoms with E-state index in [1.54, 1.807) is 6.07 Å². The summed E-state index contributed by atoms with van der Waals surface area (Å²) in [5.74, 6) is -0.948. The lowest BCUT2D eigenvalue weighted by molar-refractivity contribution is -0.384. The van der Waals surface area contributed by atoms with Gasteiger partial charge >= 0.3 is 5.97 Å². The SMILES string of the molecule is O=C(/C=C/c1cccc([N+](=O)[O-])c1)OCc1ccc(F)cc1. The highest BCUT2D eigenvalue weighted by Crippen LogP contribution is 2.14. The second-order valence-electron chi connectivity index (χ2n) is 4.42. The molecule has 0 aromatic heterocycles. The monoisotopic (exact) mass is 301 g/mol. The van der Waals surface area contributed by atoms with Crippen LogP contribution in [0.1, 0.15) is 11.1 Å². The Morgan fingerprint density at radius 1 is 1.23 bits per heavy atom. The van der Waals surface area contributed by atoms with E-state index in [4.69, 9.17) is 4.74 Å². The summed E-state index contributed by atoms with van der Waals surface area (Å²) in [4.78, 5) is 21.7. The minimum atomic E-state index is -0.587. The Hall–Kier alpha value is -3.02. The van der Waals surface area contributed by atoms with Crippen LogP contribution < -0.4 is 0 Å². The Labute approximate surface area is 125 Å². The number of non-ortho nitro benzene ring substituents is 1. The predicted octanol–water partition coefficient (Wildman–Crippen LogP) is 3.49. The summed E-state index contributed by atoms with van der Waals surface area (Å²) in [5, 5.41) is 10.6. The van der Waals surface area contributed by atoms with Gasteiger partial charge in [-0.25, -0.2) is 9.18 Å². The van der Waals surface area contributed by atoms with Crippen LogP contribution in [0.3, 0.4) is 0 Å². The van der Waals surface area contributed by atoms with Gasteiger partial charge in [0.15, 0.2) is 0 Å². The number of hydrogen-bond donors (Lipinski definition) is 0. The molecule has 6 heteroatoms. The molecule has 0 bridgehead atoms. The van der Waals surface area contributed by atoms with Crippen molar-refractivity contribution >= 4 is 17.7 Å². The Kier molecular flexibility index (Phi) is 4.98. The molecule has 0 radical (unpaired) electrons. The van der Waals surface area contributed by atoms with E-state index in [-0.39, 0.29) is 18.1 Å². The predicted molar refractivity (Wildman–Crippen MR) is 78.3 cm³/mol. The van der Waals surface area contributed by atoms with Crippen molar-refractivity contribution in [2.24, 2.45) is 0 Å². The fraction of sp³-hybridized carbons (Fsp3) is 0.0625. The fourth-order valence-electron chi connectivity index (χ4n) is 1.69. The van der Waals surface area contributed by atoms with Crippen molar-refractivity contribution in [3.05, 3.63) is 81.7 Å². The first-order valence-corrected chi connectivity index (χ1v) is 6.38. The summed E-state index contributed by atoms with van der Waals surface area (Å²) in [6.07, 6.45) is 2.61. The van der Waals surface area contributed by atoms with Crippen LogP contribution in [0.25, 0.3) is 6.08 Å². The maximum atomic E-state index is 12.7. The normalized spacial score (nSPS) is 10.6. The summed E-state index contributed by atoms with van der Waals surface area (Å²) in [6, 6.07) is 11.5. The highest BCUT2D eigenvalue weighted by Gasteiger charge is 2.04. The van der Waals surface area contributed by atoms with E-state index in [2.05, 4.69) is 0 Å². The summed E-state index contributed by atoms with van der Waals surface area (Å²) in [7, 11) is 0. The molecule has 0 aliphatic rings. The first-order chi connectivity index (χ1) is 10.5. The second kappa shape index (κ2) is 7.12. The summed E-state index contributed by atoms with van der Waals surface area (Å²) >= 11 is 0. The molecule has 0 amide bonds. The van der Waals surface area contributed by atoms with Crippen molar-refractivity contribution in [1.82, 2.24) is 0 Å². The minimum Gasteiger partial charge on any atom is -0.458 e.